The number of carbonyl (C=O) groups is 3. The van der Waals surface area contributed by atoms with E-state index in [1.54, 1.807) is 23.1 Å². The molecule has 1 aliphatic heterocycles. The molecule has 2 aromatic rings. The van der Waals surface area contributed by atoms with Gasteiger partial charge in [-0.05, 0) is 51.2 Å². The molecule has 1 aromatic heterocycles. The normalized spacial score (nSPS) is 21.5. The van der Waals surface area contributed by atoms with Crippen LogP contribution in [0.3, 0.4) is 0 Å². The number of aromatic nitrogens is 1. The summed E-state index contributed by atoms with van der Waals surface area (Å²) in [6.07, 6.45) is 6.03. The molecule has 1 saturated heterocycles. The van der Waals surface area contributed by atoms with E-state index in [-0.39, 0.29) is 17.7 Å². The number of benzene rings is 1. The van der Waals surface area contributed by atoms with Crippen LogP contribution in [0.25, 0.3) is 11.1 Å². The summed E-state index contributed by atoms with van der Waals surface area (Å²) in [5.41, 5.74) is 0.700. The minimum absolute atomic E-state index is 0.0905. The van der Waals surface area contributed by atoms with Gasteiger partial charge < -0.3 is 19.2 Å². The number of hydrogen-bond donors (Lipinski definition) is 1. The van der Waals surface area contributed by atoms with Crippen LogP contribution in [0.4, 0.5) is 10.5 Å². The summed E-state index contributed by atoms with van der Waals surface area (Å²) in [7, 11) is 1.25. The van der Waals surface area contributed by atoms with E-state index >= 15 is 0 Å². The number of carbonyl (C=O) groups excluding carboxylic acids is 3. The van der Waals surface area contributed by atoms with E-state index in [0.29, 0.717) is 29.2 Å². The van der Waals surface area contributed by atoms with Crippen molar-refractivity contribution in [3.05, 3.63) is 24.1 Å². The monoisotopic (exact) mass is 471 g/mol. The van der Waals surface area contributed by atoms with Crippen LogP contribution in [0.1, 0.15) is 70.0 Å². The molecule has 0 bridgehead atoms. The summed E-state index contributed by atoms with van der Waals surface area (Å²) in [5, 5.41) is 2.95. The van der Waals surface area contributed by atoms with Crippen molar-refractivity contribution in [3.8, 4) is 0 Å². The molecule has 4 rings (SSSR count). The van der Waals surface area contributed by atoms with Gasteiger partial charge >= 0.3 is 18.0 Å². The Balaban J connectivity index is 1.57. The van der Waals surface area contributed by atoms with Gasteiger partial charge in [-0.2, -0.15) is 0 Å². The van der Waals surface area contributed by atoms with Gasteiger partial charge in [0.05, 0.1) is 7.11 Å². The number of amides is 2. The van der Waals surface area contributed by atoms with Gasteiger partial charge in [-0.15, -0.1) is 0 Å². The smallest absolute Gasteiger partial charge is 0.410 e. The lowest BCUT2D eigenvalue weighted by Gasteiger charge is -2.34. The molecule has 1 saturated carbocycles. The summed E-state index contributed by atoms with van der Waals surface area (Å²) in [6, 6.07) is 4.38. The summed E-state index contributed by atoms with van der Waals surface area (Å²) >= 11 is 0. The predicted molar refractivity (Wildman–Crippen MR) is 125 cm³/mol. The van der Waals surface area contributed by atoms with Gasteiger partial charge in [-0.25, -0.2) is 14.6 Å². The molecule has 2 aliphatic rings. The molecule has 9 nitrogen and oxygen atoms in total. The topological polar surface area (TPSA) is 111 Å². The van der Waals surface area contributed by atoms with Crippen molar-refractivity contribution < 1.29 is 28.3 Å². The van der Waals surface area contributed by atoms with Crippen molar-refractivity contribution in [2.24, 2.45) is 11.8 Å². The number of likely N-dealkylation sites (tertiary alicyclic amines) is 1. The highest BCUT2D eigenvalue weighted by molar-refractivity contribution is 5.98. The first-order chi connectivity index (χ1) is 16.2. The molecule has 0 unspecified atom stereocenters. The molecule has 1 aliphatic carbocycles. The number of fused-ring (bicyclic) bond motifs is 1. The molecule has 34 heavy (non-hydrogen) atoms. The van der Waals surface area contributed by atoms with Crippen LogP contribution in [-0.4, -0.2) is 53.2 Å². The van der Waals surface area contributed by atoms with E-state index in [0.717, 1.165) is 32.1 Å². The van der Waals surface area contributed by atoms with Gasteiger partial charge in [0.1, 0.15) is 17.2 Å². The van der Waals surface area contributed by atoms with Crippen LogP contribution in [-0.2, 0) is 14.3 Å². The van der Waals surface area contributed by atoms with Crippen LogP contribution in [0.2, 0.25) is 0 Å². The number of hydrogen-bond acceptors (Lipinski definition) is 7. The van der Waals surface area contributed by atoms with E-state index in [1.165, 1.54) is 13.5 Å². The van der Waals surface area contributed by atoms with Crippen molar-refractivity contribution in [1.82, 2.24) is 9.88 Å². The molecule has 2 atom stereocenters. The number of anilines is 1. The second-order valence-electron chi connectivity index (χ2n) is 10.2. The van der Waals surface area contributed by atoms with E-state index in [4.69, 9.17) is 9.15 Å². The zero-order chi connectivity index (χ0) is 24.5. The number of oxazole rings is 1. The highest BCUT2D eigenvalue weighted by atomic mass is 16.6. The Kier molecular flexibility index (Phi) is 6.81. The third-order valence-corrected chi connectivity index (χ3v) is 6.61. The van der Waals surface area contributed by atoms with Crippen LogP contribution in [0.15, 0.2) is 22.6 Å². The van der Waals surface area contributed by atoms with Gasteiger partial charge in [0, 0.05) is 18.3 Å². The molecule has 1 N–H and O–H groups in total. The summed E-state index contributed by atoms with van der Waals surface area (Å²) in [6.45, 7) is 5.97. The first kappa shape index (κ1) is 24.0. The van der Waals surface area contributed by atoms with Crippen LogP contribution in [0.5, 0.6) is 0 Å². The maximum absolute atomic E-state index is 13.6. The van der Waals surface area contributed by atoms with Crippen LogP contribution >= 0.6 is 0 Å². The van der Waals surface area contributed by atoms with E-state index in [1.807, 2.05) is 20.8 Å². The fourth-order valence-electron chi connectivity index (χ4n) is 5.13. The minimum Gasteiger partial charge on any atom is -0.462 e. The maximum atomic E-state index is 13.6. The van der Waals surface area contributed by atoms with E-state index in [2.05, 4.69) is 15.0 Å². The quantitative estimate of drug-likeness (QED) is 0.640. The number of esters is 1. The third kappa shape index (κ3) is 5.18. The average Bonchev–Trinajstić information content (AvgIpc) is 3.42. The molecule has 1 aromatic carbocycles. The number of rotatable bonds is 4. The van der Waals surface area contributed by atoms with Gasteiger partial charge in [-0.3, -0.25) is 9.69 Å². The lowest BCUT2D eigenvalue weighted by atomic mass is 9.76. The number of ether oxygens (including phenoxy) is 2. The summed E-state index contributed by atoms with van der Waals surface area (Å²) in [5.74, 6) is -0.559. The average molecular weight is 472 g/mol. The molecule has 2 amide bonds. The first-order valence-electron chi connectivity index (χ1n) is 12.0. The SMILES string of the molecule is COC(=O)c1nc2ccc(NC(=O)[C@H]3[C@H](C4CCCCC4)CCN3C(=O)OC(C)(C)C)cc2o1. The van der Waals surface area contributed by atoms with Gasteiger partial charge in [0.25, 0.3) is 0 Å². The van der Waals surface area contributed by atoms with Crippen LogP contribution in [0, 0.1) is 11.8 Å². The number of nitrogens with zero attached hydrogens (tertiary/aromatic N) is 2. The van der Waals surface area contributed by atoms with E-state index < -0.39 is 23.7 Å². The van der Waals surface area contributed by atoms with Crippen molar-refractivity contribution >= 4 is 34.8 Å². The molecule has 184 valence electrons. The van der Waals surface area contributed by atoms with Crippen LogP contribution < -0.4 is 5.32 Å². The highest BCUT2D eigenvalue weighted by Gasteiger charge is 2.46. The van der Waals surface area contributed by atoms with Crippen molar-refractivity contribution in [2.45, 2.75) is 70.9 Å². The summed E-state index contributed by atoms with van der Waals surface area (Å²) in [4.78, 5) is 43.9. The lowest BCUT2D eigenvalue weighted by Crippen LogP contribution is -2.49. The Morgan fingerprint density at radius 1 is 1.12 bits per heavy atom. The zero-order valence-corrected chi connectivity index (χ0v) is 20.3. The third-order valence-electron chi connectivity index (χ3n) is 6.61. The minimum atomic E-state index is -0.670. The van der Waals surface area contributed by atoms with E-state index in [9.17, 15) is 14.4 Å². The maximum Gasteiger partial charge on any atom is 0.410 e. The molecule has 2 heterocycles. The van der Waals surface area contributed by atoms with Crippen molar-refractivity contribution in [2.75, 3.05) is 19.0 Å². The second kappa shape index (κ2) is 9.64. The van der Waals surface area contributed by atoms with Gasteiger partial charge in [-0.1, -0.05) is 32.1 Å². The second-order valence-corrected chi connectivity index (χ2v) is 10.2. The first-order valence-corrected chi connectivity index (χ1v) is 12.0. The van der Waals surface area contributed by atoms with Crippen molar-refractivity contribution in [1.29, 1.82) is 0 Å². The molecule has 0 spiro atoms. The molecular weight excluding hydrogens is 438 g/mol. The Morgan fingerprint density at radius 3 is 2.53 bits per heavy atom. The fraction of sp³-hybridized carbons (Fsp3) is 0.600. The Labute approximate surface area is 199 Å². The van der Waals surface area contributed by atoms with Gasteiger partial charge in [0.2, 0.25) is 5.91 Å². The zero-order valence-electron chi connectivity index (χ0n) is 20.3. The highest BCUT2D eigenvalue weighted by Crippen LogP contribution is 2.40. The molecule has 0 radical (unpaired) electrons. The number of nitrogens with one attached hydrogen (secondary N) is 1. The predicted octanol–water partition coefficient (Wildman–Crippen LogP) is 4.76. The Hall–Kier alpha value is -3.10. The standard InChI is InChI=1S/C25H33N3O6/c1-25(2,3)34-24(31)28-13-12-17(15-8-6-5-7-9-15)20(28)21(29)26-16-10-11-18-19(14-16)33-22(27-18)23(30)32-4/h10-11,14-15,17,20H,5-9,12-13H2,1-4H3,(H,26,29)/t17-,20+/m0/s1. The molecule has 9 heteroatoms. The Bertz CT molecular complexity index is 1070. The van der Waals surface area contributed by atoms with Gasteiger partial charge in [0.15, 0.2) is 5.58 Å². The lowest BCUT2D eigenvalue weighted by molar-refractivity contribution is -0.122. The van der Waals surface area contributed by atoms with Crippen molar-refractivity contribution in [3.63, 3.8) is 0 Å². The number of methoxy groups -OCH3 is 1. The summed E-state index contributed by atoms with van der Waals surface area (Å²) < 4.78 is 15.8. The molecular formula is C25H33N3O6. The fourth-order valence-corrected chi connectivity index (χ4v) is 5.13. The Morgan fingerprint density at radius 2 is 1.85 bits per heavy atom. The largest absolute Gasteiger partial charge is 0.462 e. The molecule has 2 fully saturated rings.